The van der Waals surface area contributed by atoms with E-state index < -0.39 is 0 Å². The molecule has 1 N–H and O–H groups in total. The number of aryl methyl sites for hydroxylation is 3. The van der Waals surface area contributed by atoms with Crippen LogP contribution in [0.15, 0.2) is 36.5 Å². The van der Waals surface area contributed by atoms with E-state index >= 15 is 0 Å². The van der Waals surface area contributed by atoms with Crippen molar-refractivity contribution in [3.05, 3.63) is 59.0 Å². The van der Waals surface area contributed by atoms with Crippen LogP contribution in [0.25, 0.3) is 11.2 Å². The molecular formula is C18H20N4O. The summed E-state index contributed by atoms with van der Waals surface area (Å²) in [6.07, 6.45) is 2.43. The molecule has 0 atom stereocenters. The predicted octanol–water partition coefficient (Wildman–Crippen LogP) is 2.56. The van der Waals surface area contributed by atoms with E-state index in [2.05, 4.69) is 15.3 Å². The van der Waals surface area contributed by atoms with Crippen LogP contribution in [0, 0.1) is 13.8 Å². The Labute approximate surface area is 135 Å². The zero-order valence-corrected chi connectivity index (χ0v) is 13.6. The number of fused-ring (bicyclic) bond motifs is 1. The number of carbonyl (C=O) groups is 1. The van der Waals surface area contributed by atoms with Crippen molar-refractivity contribution in [3.63, 3.8) is 0 Å². The molecule has 5 heteroatoms. The van der Waals surface area contributed by atoms with Gasteiger partial charge in [-0.15, -0.1) is 0 Å². The van der Waals surface area contributed by atoms with Gasteiger partial charge in [-0.2, -0.15) is 0 Å². The van der Waals surface area contributed by atoms with Gasteiger partial charge in [-0.3, -0.25) is 4.79 Å². The second kappa shape index (κ2) is 6.20. The molecule has 2 heterocycles. The number of hydrogen-bond acceptors (Lipinski definition) is 3. The zero-order valence-electron chi connectivity index (χ0n) is 13.6. The molecule has 1 amide bonds. The summed E-state index contributed by atoms with van der Waals surface area (Å²) in [7, 11) is 1.95. The van der Waals surface area contributed by atoms with Crippen molar-refractivity contribution in [1.82, 2.24) is 19.9 Å². The highest BCUT2D eigenvalue weighted by molar-refractivity contribution is 5.95. The first kappa shape index (κ1) is 15.2. The number of nitrogens with one attached hydrogen (secondary N) is 1. The average Bonchev–Trinajstić information content (AvgIpc) is 2.86. The Balaban J connectivity index is 1.67. The summed E-state index contributed by atoms with van der Waals surface area (Å²) in [4.78, 5) is 21.2. The van der Waals surface area contributed by atoms with E-state index in [4.69, 9.17) is 0 Å². The Morgan fingerprint density at radius 2 is 2.09 bits per heavy atom. The predicted molar refractivity (Wildman–Crippen MR) is 90.5 cm³/mol. The van der Waals surface area contributed by atoms with Crippen LogP contribution in [0.5, 0.6) is 0 Å². The Hall–Kier alpha value is -2.69. The van der Waals surface area contributed by atoms with Gasteiger partial charge in [-0.05, 0) is 37.6 Å². The third-order valence-corrected chi connectivity index (χ3v) is 3.99. The molecule has 0 radical (unpaired) electrons. The normalized spacial score (nSPS) is 10.9. The SMILES string of the molecule is Cc1ccc(C)c(C(=O)NCCc2nc3cccnc3n2C)c1. The van der Waals surface area contributed by atoms with Crippen molar-refractivity contribution < 1.29 is 4.79 Å². The lowest BCUT2D eigenvalue weighted by Crippen LogP contribution is -2.27. The minimum atomic E-state index is -0.0388. The molecule has 0 aliphatic heterocycles. The molecule has 0 aliphatic carbocycles. The number of hydrogen-bond donors (Lipinski definition) is 1. The summed E-state index contributed by atoms with van der Waals surface area (Å²) in [6.45, 7) is 4.48. The van der Waals surface area contributed by atoms with Crippen molar-refractivity contribution in [2.24, 2.45) is 7.05 Å². The summed E-state index contributed by atoms with van der Waals surface area (Å²) in [6, 6.07) is 9.73. The van der Waals surface area contributed by atoms with E-state index in [0.717, 1.165) is 33.7 Å². The third kappa shape index (κ3) is 3.08. The number of nitrogens with zero attached hydrogens (tertiary/aromatic N) is 3. The Morgan fingerprint density at radius 3 is 2.87 bits per heavy atom. The summed E-state index contributed by atoms with van der Waals surface area (Å²) in [5.74, 6) is 0.878. The summed E-state index contributed by atoms with van der Waals surface area (Å²) in [5.41, 5.74) is 4.55. The second-order valence-corrected chi connectivity index (χ2v) is 5.76. The van der Waals surface area contributed by atoms with E-state index in [9.17, 15) is 4.79 Å². The molecule has 0 saturated heterocycles. The molecule has 3 rings (SSSR count). The molecule has 0 aliphatic rings. The number of carbonyl (C=O) groups excluding carboxylic acids is 1. The first-order valence-electron chi connectivity index (χ1n) is 7.68. The van der Waals surface area contributed by atoms with E-state index in [1.807, 2.05) is 55.8 Å². The fourth-order valence-corrected chi connectivity index (χ4v) is 2.66. The summed E-state index contributed by atoms with van der Waals surface area (Å²) >= 11 is 0. The highest BCUT2D eigenvalue weighted by Crippen LogP contribution is 2.12. The Morgan fingerprint density at radius 1 is 1.26 bits per heavy atom. The number of aromatic nitrogens is 3. The number of pyridine rings is 1. The highest BCUT2D eigenvalue weighted by Gasteiger charge is 2.11. The van der Waals surface area contributed by atoms with Crippen LogP contribution >= 0.6 is 0 Å². The maximum atomic E-state index is 12.3. The largest absolute Gasteiger partial charge is 0.352 e. The van der Waals surface area contributed by atoms with Gasteiger partial charge in [0.25, 0.3) is 5.91 Å². The lowest BCUT2D eigenvalue weighted by atomic mass is 10.1. The van der Waals surface area contributed by atoms with Crippen molar-refractivity contribution in [2.75, 3.05) is 6.54 Å². The molecular weight excluding hydrogens is 288 g/mol. The van der Waals surface area contributed by atoms with Crippen LogP contribution < -0.4 is 5.32 Å². The fourth-order valence-electron chi connectivity index (χ4n) is 2.66. The van der Waals surface area contributed by atoms with Crippen molar-refractivity contribution in [3.8, 4) is 0 Å². The minimum absolute atomic E-state index is 0.0388. The van der Waals surface area contributed by atoms with Crippen molar-refractivity contribution in [1.29, 1.82) is 0 Å². The lowest BCUT2D eigenvalue weighted by Gasteiger charge is -2.08. The van der Waals surface area contributed by atoms with E-state index in [-0.39, 0.29) is 5.91 Å². The molecule has 1 aromatic carbocycles. The van der Waals surface area contributed by atoms with E-state index in [1.165, 1.54) is 0 Å². The molecule has 5 nitrogen and oxygen atoms in total. The lowest BCUT2D eigenvalue weighted by molar-refractivity contribution is 0.0953. The molecule has 3 aromatic rings. The Bertz CT molecular complexity index is 867. The van der Waals surface area contributed by atoms with Gasteiger partial charge in [0.2, 0.25) is 0 Å². The number of benzene rings is 1. The van der Waals surface area contributed by atoms with Gasteiger partial charge in [0.1, 0.15) is 11.3 Å². The van der Waals surface area contributed by atoms with Gasteiger partial charge >= 0.3 is 0 Å². The zero-order chi connectivity index (χ0) is 16.4. The first-order chi connectivity index (χ1) is 11.1. The molecule has 2 aromatic heterocycles. The number of imidazole rings is 1. The monoisotopic (exact) mass is 308 g/mol. The van der Waals surface area contributed by atoms with Crippen LogP contribution in [-0.4, -0.2) is 27.0 Å². The molecule has 0 saturated carbocycles. The Kier molecular flexibility index (Phi) is 4.10. The van der Waals surface area contributed by atoms with Crippen molar-refractivity contribution >= 4 is 17.1 Å². The van der Waals surface area contributed by atoms with Crippen molar-refractivity contribution in [2.45, 2.75) is 20.3 Å². The summed E-state index contributed by atoms with van der Waals surface area (Å²) < 4.78 is 1.97. The maximum Gasteiger partial charge on any atom is 0.251 e. The van der Waals surface area contributed by atoms with Gasteiger partial charge in [-0.1, -0.05) is 17.7 Å². The minimum Gasteiger partial charge on any atom is -0.352 e. The fraction of sp³-hybridized carbons (Fsp3) is 0.278. The molecule has 0 unspecified atom stereocenters. The average molecular weight is 308 g/mol. The van der Waals surface area contributed by atoms with Crippen LogP contribution in [0.4, 0.5) is 0 Å². The first-order valence-corrected chi connectivity index (χ1v) is 7.68. The smallest absolute Gasteiger partial charge is 0.251 e. The molecule has 23 heavy (non-hydrogen) atoms. The van der Waals surface area contributed by atoms with E-state index in [0.29, 0.717) is 13.0 Å². The third-order valence-electron chi connectivity index (χ3n) is 3.99. The summed E-state index contributed by atoms with van der Waals surface area (Å²) in [5, 5.41) is 2.97. The van der Waals surface area contributed by atoms with Gasteiger partial charge in [0, 0.05) is 31.8 Å². The number of rotatable bonds is 4. The van der Waals surface area contributed by atoms with Gasteiger partial charge in [-0.25, -0.2) is 9.97 Å². The van der Waals surface area contributed by atoms with Gasteiger partial charge in [0.15, 0.2) is 5.65 Å². The topological polar surface area (TPSA) is 59.8 Å². The molecule has 0 fully saturated rings. The van der Waals surface area contributed by atoms with Gasteiger partial charge < -0.3 is 9.88 Å². The molecule has 0 bridgehead atoms. The molecule has 0 spiro atoms. The van der Waals surface area contributed by atoms with Crippen LogP contribution in [0.2, 0.25) is 0 Å². The van der Waals surface area contributed by atoms with Crippen LogP contribution in [0.3, 0.4) is 0 Å². The molecule has 118 valence electrons. The number of amides is 1. The van der Waals surface area contributed by atoms with E-state index in [1.54, 1.807) is 6.20 Å². The quantitative estimate of drug-likeness (QED) is 0.806. The standard InChI is InChI=1S/C18H20N4O/c1-12-6-7-13(2)14(11-12)18(23)20-10-8-16-21-15-5-4-9-19-17(15)22(16)3/h4-7,9,11H,8,10H2,1-3H3,(H,20,23). The maximum absolute atomic E-state index is 12.3. The van der Waals surface area contributed by atoms with Gasteiger partial charge in [0.05, 0.1) is 0 Å². The second-order valence-electron chi connectivity index (χ2n) is 5.76. The van der Waals surface area contributed by atoms with Crippen LogP contribution in [0.1, 0.15) is 27.3 Å². The van der Waals surface area contributed by atoms with Crippen LogP contribution in [-0.2, 0) is 13.5 Å². The highest BCUT2D eigenvalue weighted by atomic mass is 16.1.